The van der Waals surface area contributed by atoms with E-state index < -0.39 is 6.10 Å². The molecule has 0 bridgehead atoms. The minimum absolute atomic E-state index is 0.229. The van der Waals surface area contributed by atoms with Crippen LogP contribution in [-0.2, 0) is 4.74 Å². The molecule has 1 aliphatic heterocycles. The van der Waals surface area contributed by atoms with Crippen molar-refractivity contribution < 1.29 is 14.2 Å². The maximum atomic E-state index is 13.5. The zero-order valence-electron chi connectivity index (χ0n) is 12.5. The minimum atomic E-state index is -0.612. The summed E-state index contributed by atoms with van der Waals surface area (Å²) < 4.78 is 19.2. The van der Waals surface area contributed by atoms with Crippen LogP contribution in [0.15, 0.2) is 18.2 Å². The highest BCUT2D eigenvalue weighted by Crippen LogP contribution is 2.20. The van der Waals surface area contributed by atoms with Crippen molar-refractivity contribution in [2.75, 3.05) is 19.6 Å². The number of aliphatic hydroxyl groups is 1. The summed E-state index contributed by atoms with van der Waals surface area (Å²) in [6.45, 7) is 8.43. The maximum absolute atomic E-state index is 13.5. The van der Waals surface area contributed by atoms with Gasteiger partial charge in [0, 0.05) is 19.6 Å². The van der Waals surface area contributed by atoms with Crippen molar-refractivity contribution in [2.45, 2.75) is 45.5 Å². The summed E-state index contributed by atoms with van der Waals surface area (Å²) in [6.07, 6.45) is 0.459. The second-order valence-electron chi connectivity index (χ2n) is 5.83. The van der Waals surface area contributed by atoms with Gasteiger partial charge in [0.15, 0.2) is 0 Å². The average Bonchev–Trinajstić information content (AvgIpc) is 2.38. The number of hydrogen-bond donors (Lipinski definition) is 1. The van der Waals surface area contributed by atoms with Gasteiger partial charge in [-0.15, -0.1) is 0 Å². The summed E-state index contributed by atoms with van der Waals surface area (Å²) in [5, 5.41) is 10.2. The summed E-state index contributed by atoms with van der Waals surface area (Å²) in [4.78, 5) is 2.30. The summed E-state index contributed by atoms with van der Waals surface area (Å²) in [7, 11) is 0. The number of halogens is 1. The van der Waals surface area contributed by atoms with E-state index in [9.17, 15) is 9.50 Å². The van der Waals surface area contributed by atoms with Crippen LogP contribution in [0.4, 0.5) is 4.39 Å². The lowest BCUT2D eigenvalue weighted by Crippen LogP contribution is -2.45. The number of ether oxygens (including phenoxy) is 1. The fraction of sp³-hybridized carbons (Fsp3) is 0.625. The molecule has 0 aromatic heterocycles. The first-order valence-corrected chi connectivity index (χ1v) is 7.27. The Labute approximate surface area is 120 Å². The number of aryl methyl sites for hydroxylation is 1. The van der Waals surface area contributed by atoms with Crippen LogP contribution in [0.1, 0.15) is 37.5 Å². The van der Waals surface area contributed by atoms with E-state index in [0.717, 1.165) is 19.6 Å². The van der Waals surface area contributed by atoms with Crippen LogP contribution >= 0.6 is 0 Å². The van der Waals surface area contributed by atoms with Gasteiger partial charge in [-0.3, -0.25) is 4.90 Å². The molecule has 1 fully saturated rings. The van der Waals surface area contributed by atoms with Gasteiger partial charge in [0.25, 0.3) is 0 Å². The molecule has 0 radical (unpaired) electrons. The Bertz CT molecular complexity index is 442. The van der Waals surface area contributed by atoms with Gasteiger partial charge in [0.05, 0.1) is 18.3 Å². The predicted octanol–water partition coefficient (Wildman–Crippen LogP) is 2.67. The van der Waals surface area contributed by atoms with E-state index in [4.69, 9.17) is 4.74 Å². The fourth-order valence-corrected chi connectivity index (χ4v) is 2.75. The third kappa shape index (κ3) is 4.01. The number of hydrogen-bond acceptors (Lipinski definition) is 3. The largest absolute Gasteiger partial charge is 0.388 e. The molecule has 0 aliphatic carbocycles. The molecular formula is C16H24FNO2. The first-order valence-electron chi connectivity index (χ1n) is 7.27. The molecule has 2 rings (SSSR count). The van der Waals surface area contributed by atoms with Gasteiger partial charge in [0.2, 0.25) is 0 Å². The maximum Gasteiger partial charge on any atom is 0.126 e. The van der Waals surface area contributed by atoms with Crippen molar-refractivity contribution in [1.29, 1.82) is 0 Å². The lowest BCUT2D eigenvalue weighted by Gasteiger charge is -2.35. The topological polar surface area (TPSA) is 32.7 Å². The molecule has 1 heterocycles. The van der Waals surface area contributed by atoms with Gasteiger partial charge in [-0.2, -0.15) is 0 Å². The molecule has 1 saturated heterocycles. The van der Waals surface area contributed by atoms with E-state index >= 15 is 0 Å². The zero-order valence-corrected chi connectivity index (χ0v) is 12.5. The van der Waals surface area contributed by atoms with Gasteiger partial charge in [-0.05, 0) is 44.4 Å². The number of morpholine rings is 1. The second kappa shape index (κ2) is 6.66. The molecule has 1 N–H and O–H groups in total. The Morgan fingerprint density at radius 2 is 2.00 bits per heavy atom. The Morgan fingerprint density at radius 1 is 1.35 bits per heavy atom. The molecular weight excluding hydrogens is 257 g/mol. The number of aliphatic hydroxyl groups excluding tert-OH is 1. The molecule has 0 saturated carbocycles. The van der Waals surface area contributed by atoms with Crippen molar-refractivity contribution >= 4 is 0 Å². The Morgan fingerprint density at radius 3 is 2.60 bits per heavy atom. The molecule has 1 aliphatic rings. The molecule has 3 unspecified atom stereocenters. The van der Waals surface area contributed by atoms with Crippen LogP contribution in [-0.4, -0.2) is 41.8 Å². The molecule has 4 heteroatoms. The Balaban J connectivity index is 1.88. The zero-order chi connectivity index (χ0) is 14.7. The highest BCUT2D eigenvalue weighted by atomic mass is 19.1. The quantitative estimate of drug-likeness (QED) is 0.921. The van der Waals surface area contributed by atoms with Crippen molar-refractivity contribution in [3.8, 4) is 0 Å². The smallest absolute Gasteiger partial charge is 0.126 e. The van der Waals surface area contributed by atoms with E-state index in [-0.39, 0.29) is 18.0 Å². The number of nitrogens with zero attached hydrogens (tertiary/aromatic N) is 1. The third-order valence-electron chi connectivity index (χ3n) is 3.79. The lowest BCUT2D eigenvalue weighted by atomic mass is 10.0. The highest BCUT2D eigenvalue weighted by molar-refractivity contribution is 5.24. The third-order valence-corrected chi connectivity index (χ3v) is 3.79. The SMILES string of the molecule is Cc1ccc(C(O)CCN2CC(C)OC(C)C2)cc1F. The van der Waals surface area contributed by atoms with Crippen molar-refractivity contribution in [3.05, 3.63) is 35.1 Å². The van der Waals surface area contributed by atoms with Crippen LogP contribution in [0.2, 0.25) is 0 Å². The number of benzene rings is 1. The van der Waals surface area contributed by atoms with E-state index in [1.807, 2.05) is 0 Å². The summed E-state index contributed by atoms with van der Waals surface area (Å²) in [5.74, 6) is -0.254. The first-order chi connectivity index (χ1) is 9.45. The van der Waals surface area contributed by atoms with Crippen molar-refractivity contribution in [2.24, 2.45) is 0 Å². The normalized spacial score (nSPS) is 25.6. The molecule has 0 amide bonds. The van der Waals surface area contributed by atoms with E-state index in [0.29, 0.717) is 17.5 Å². The second-order valence-corrected chi connectivity index (χ2v) is 5.83. The predicted molar refractivity (Wildman–Crippen MR) is 77.2 cm³/mol. The van der Waals surface area contributed by atoms with Crippen LogP contribution in [0.5, 0.6) is 0 Å². The highest BCUT2D eigenvalue weighted by Gasteiger charge is 2.22. The summed E-state index contributed by atoms with van der Waals surface area (Å²) in [5.41, 5.74) is 1.26. The molecule has 0 spiro atoms. The average molecular weight is 281 g/mol. The fourth-order valence-electron chi connectivity index (χ4n) is 2.75. The monoisotopic (exact) mass is 281 g/mol. The van der Waals surface area contributed by atoms with Crippen LogP contribution in [0.25, 0.3) is 0 Å². The Hall–Kier alpha value is -0.970. The van der Waals surface area contributed by atoms with Gasteiger partial charge < -0.3 is 9.84 Å². The number of rotatable bonds is 4. The van der Waals surface area contributed by atoms with Crippen LogP contribution in [0.3, 0.4) is 0 Å². The molecule has 3 nitrogen and oxygen atoms in total. The molecule has 112 valence electrons. The van der Waals surface area contributed by atoms with Crippen LogP contribution < -0.4 is 0 Å². The lowest BCUT2D eigenvalue weighted by molar-refractivity contribution is -0.0702. The van der Waals surface area contributed by atoms with Gasteiger partial charge in [-0.25, -0.2) is 4.39 Å². The molecule has 3 atom stereocenters. The first kappa shape index (κ1) is 15.4. The van der Waals surface area contributed by atoms with Crippen LogP contribution in [0, 0.1) is 12.7 Å². The van der Waals surface area contributed by atoms with Crippen molar-refractivity contribution in [3.63, 3.8) is 0 Å². The van der Waals surface area contributed by atoms with Crippen molar-refractivity contribution in [1.82, 2.24) is 4.90 Å². The molecule has 1 aromatic carbocycles. The molecule has 20 heavy (non-hydrogen) atoms. The van der Waals surface area contributed by atoms with Gasteiger partial charge >= 0.3 is 0 Å². The minimum Gasteiger partial charge on any atom is -0.388 e. The van der Waals surface area contributed by atoms with E-state index in [2.05, 4.69) is 18.7 Å². The molecule has 1 aromatic rings. The summed E-state index contributed by atoms with van der Waals surface area (Å²) in [6, 6.07) is 4.95. The summed E-state index contributed by atoms with van der Waals surface area (Å²) >= 11 is 0. The van der Waals surface area contributed by atoms with Gasteiger partial charge in [-0.1, -0.05) is 12.1 Å². The standard InChI is InChI=1S/C16H24FNO2/c1-11-4-5-14(8-15(11)17)16(19)6-7-18-9-12(2)20-13(3)10-18/h4-5,8,12-13,16,19H,6-7,9-10H2,1-3H3. The van der Waals surface area contributed by atoms with E-state index in [1.54, 1.807) is 19.1 Å². The van der Waals surface area contributed by atoms with E-state index in [1.165, 1.54) is 6.07 Å². The van der Waals surface area contributed by atoms with Gasteiger partial charge in [0.1, 0.15) is 5.82 Å². The Kier molecular flexibility index (Phi) is 5.13.